The number of aliphatic hydroxyl groups is 1. The van der Waals surface area contributed by atoms with Gasteiger partial charge in [0.25, 0.3) is 0 Å². The van der Waals surface area contributed by atoms with Gasteiger partial charge in [0.05, 0.1) is 11.7 Å². The molecule has 3 atom stereocenters. The average Bonchev–Trinajstić information content (AvgIpc) is 2.45. The SMILES string of the molecule is CCCCC(C)(C(C)O)C(C)OC(=O)c1ccccc1. The third-order valence-electron chi connectivity index (χ3n) is 4.25. The highest BCUT2D eigenvalue weighted by Crippen LogP contribution is 2.34. The predicted molar refractivity (Wildman–Crippen MR) is 80.6 cm³/mol. The van der Waals surface area contributed by atoms with Gasteiger partial charge in [-0.3, -0.25) is 0 Å². The van der Waals surface area contributed by atoms with Crippen LogP contribution in [0.2, 0.25) is 0 Å². The lowest BCUT2D eigenvalue weighted by atomic mass is 9.75. The van der Waals surface area contributed by atoms with Crippen molar-refractivity contribution >= 4 is 5.97 Å². The fourth-order valence-corrected chi connectivity index (χ4v) is 2.25. The molecular formula is C17H26O3. The molecule has 0 fully saturated rings. The molecule has 1 aromatic rings. The zero-order valence-electron chi connectivity index (χ0n) is 12.9. The Balaban J connectivity index is 2.76. The van der Waals surface area contributed by atoms with Crippen LogP contribution >= 0.6 is 0 Å². The van der Waals surface area contributed by atoms with E-state index in [0.29, 0.717) is 5.56 Å². The molecule has 0 saturated carbocycles. The van der Waals surface area contributed by atoms with Gasteiger partial charge in [0.1, 0.15) is 6.10 Å². The van der Waals surface area contributed by atoms with Crippen LogP contribution < -0.4 is 0 Å². The van der Waals surface area contributed by atoms with Crippen LogP contribution in [-0.4, -0.2) is 23.3 Å². The Morgan fingerprint density at radius 3 is 2.40 bits per heavy atom. The minimum atomic E-state index is -0.521. The van der Waals surface area contributed by atoms with Crippen LogP contribution in [0.1, 0.15) is 57.3 Å². The molecule has 20 heavy (non-hydrogen) atoms. The van der Waals surface area contributed by atoms with Crippen molar-refractivity contribution in [1.29, 1.82) is 0 Å². The molecule has 0 aliphatic heterocycles. The topological polar surface area (TPSA) is 46.5 Å². The Kier molecular flexibility index (Phi) is 6.21. The molecule has 0 aliphatic rings. The van der Waals surface area contributed by atoms with Crippen LogP contribution in [0.25, 0.3) is 0 Å². The summed E-state index contributed by atoms with van der Waals surface area (Å²) < 4.78 is 5.56. The monoisotopic (exact) mass is 278 g/mol. The molecule has 3 heteroatoms. The van der Waals surface area contributed by atoms with E-state index in [1.807, 2.05) is 32.0 Å². The van der Waals surface area contributed by atoms with Crippen molar-refractivity contribution in [3.63, 3.8) is 0 Å². The first-order valence-electron chi connectivity index (χ1n) is 7.36. The van der Waals surface area contributed by atoms with E-state index in [1.54, 1.807) is 19.1 Å². The third kappa shape index (κ3) is 4.07. The van der Waals surface area contributed by atoms with Gasteiger partial charge in [-0.05, 0) is 32.4 Å². The first-order valence-corrected chi connectivity index (χ1v) is 7.36. The molecule has 0 amide bonds. The standard InChI is InChI=1S/C17H26O3/c1-5-6-12-17(4,13(2)18)14(3)20-16(19)15-10-8-7-9-11-15/h7-11,13-14,18H,5-6,12H2,1-4H3. The van der Waals surface area contributed by atoms with Gasteiger partial charge >= 0.3 is 5.97 Å². The fraction of sp³-hybridized carbons (Fsp3) is 0.588. The zero-order chi connectivity index (χ0) is 15.2. The van der Waals surface area contributed by atoms with Crippen LogP contribution in [0.15, 0.2) is 30.3 Å². The summed E-state index contributed by atoms with van der Waals surface area (Å²) in [5.41, 5.74) is 0.128. The van der Waals surface area contributed by atoms with Crippen molar-refractivity contribution in [3.05, 3.63) is 35.9 Å². The van der Waals surface area contributed by atoms with Gasteiger partial charge in [-0.1, -0.05) is 44.9 Å². The molecule has 3 unspecified atom stereocenters. The van der Waals surface area contributed by atoms with Gasteiger partial charge in [0, 0.05) is 5.41 Å². The number of hydrogen-bond donors (Lipinski definition) is 1. The second-order valence-corrected chi connectivity index (χ2v) is 5.70. The molecule has 0 spiro atoms. The second-order valence-electron chi connectivity index (χ2n) is 5.70. The van der Waals surface area contributed by atoms with E-state index in [4.69, 9.17) is 4.74 Å². The summed E-state index contributed by atoms with van der Waals surface area (Å²) in [5, 5.41) is 10.1. The average molecular weight is 278 g/mol. The van der Waals surface area contributed by atoms with Crippen molar-refractivity contribution in [2.45, 2.75) is 59.2 Å². The molecule has 0 bridgehead atoms. The normalized spacial score (nSPS) is 17.1. The summed E-state index contributed by atoms with van der Waals surface area (Å²) in [6.45, 7) is 7.73. The van der Waals surface area contributed by atoms with Gasteiger partial charge in [-0.25, -0.2) is 4.79 Å². The number of rotatable bonds is 7. The molecule has 0 heterocycles. The molecule has 0 aliphatic carbocycles. The summed E-state index contributed by atoms with van der Waals surface area (Å²) >= 11 is 0. The molecule has 0 aromatic heterocycles. The fourth-order valence-electron chi connectivity index (χ4n) is 2.25. The van der Waals surface area contributed by atoms with E-state index >= 15 is 0 Å². The van der Waals surface area contributed by atoms with Gasteiger partial charge in [-0.2, -0.15) is 0 Å². The smallest absolute Gasteiger partial charge is 0.338 e. The first-order chi connectivity index (χ1) is 9.41. The summed E-state index contributed by atoms with van der Waals surface area (Å²) in [7, 11) is 0. The number of aliphatic hydroxyl groups excluding tert-OH is 1. The molecule has 0 saturated heterocycles. The van der Waals surface area contributed by atoms with Crippen LogP contribution in [0.5, 0.6) is 0 Å². The molecule has 3 nitrogen and oxygen atoms in total. The number of hydrogen-bond acceptors (Lipinski definition) is 3. The van der Waals surface area contributed by atoms with Gasteiger partial charge in [-0.15, -0.1) is 0 Å². The maximum Gasteiger partial charge on any atom is 0.338 e. The van der Waals surface area contributed by atoms with Crippen molar-refractivity contribution in [1.82, 2.24) is 0 Å². The highest BCUT2D eigenvalue weighted by molar-refractivity contribution is 5.89. The van der Waals surface area contributed by atoms with Crippen LogP contribution in [-0.2, 0) is 4.74 Å². The van der Waals surface area contributed by atoms with Crippen molar-refractivity contribution < 1.29 is 14.6 Å². The van der Waals surface area contributed by atoms with Gasteiger partial charge < -0.3 is 9.84 Å². The number of carbonyl (C=O) groups excluding carboxylic acids is 1. The quantitative estimate of drug-likeness (QED) is 0.771. The predicted octanol–water partition coefficient (Wildman–Crippen LogP) is 3.81. The number of unbranched alkanes of at least 4 members (excludes halogenated alkanes) is 1. The number of carbonyl (C=O) groups is 1. The van der Waals surface area contributed by atoms with E-state index in [-0.39, 0.29) is 12.1 Å². The molecule has 1 rings (SSSR count). The Morgan fingerprint density at radius 2 is 1.90 bits per heavy atom. The highest BCUT2D eigenvalue weighted by Gasteiger charge is 2.38. The molecule has 1 aromatic carbocycles. The highest BCUT2D eigenvalue weighted by atomic mass is 16.5. The number of esters is 1. The summed E-state index contributed by atoms with van der Waals surface area (Å²) in [5.74, 6) is -0.332. The van der Waals surface area contributed by atoms with Crippen LogP contribution in [0.3, 0.4) is 0 Å². The molecule has 1 N–H and O–H groups in total. The van der Waals surface area contributed by atoms with E-state index in [1.165, 1.54) is 0 Å². The number of benzene rings is 1. The van der Waals surface area contributed by atoms with Crippen molar-refractivity contribution in [3.8, 4) is 0 Å². The lowest BCUT2D eigenvalue weighted by Gasteiger charge is -2.37. The summed E-state index contributed by atoms with van der Waals surface area (Å²) in [6, 6.07) is 8.96. The molecule has 112 valence electrons. The van der Waals surface area contributed by atoms with Crippen molar-refractivity contribution in [2.24, 2.45) is 5.41 Å². The minimum Gasteiger partial charge on any atom is -0.458 e. The van der Waals surface area contributed by atoms with E-state index in [9.17, 15) is 9.90 Å². The maximum atomic E-state index is 12.1. The van der Waals surface area contributed by atoms with Crippen molar-refractivity contribution in [2.75, 3.05) is 0 Å². The Labute approximate surface area is 122 Å². The number of ether oxygens (including phenoxy) is 1. The zero-order valence-corrected chi connectivity index (χ0v) is 12.9. The Hall–Kier alpha value is -1.35. The van der Waals surface area contributed by atoms with Gasteiger partial charge in [0.15, 0.2) is 0 Å². The summed E-state index contributed by atoms with van der Waals surface area (Å²) in [4.78, 5) is 12.1. The van der Waals surface area contributed by atoms with E-state index < -0.39 is 11.5 Å². The largest absolute Gasteiger partial charge is 0.458 e. The van der Waals surface area contributed by atoms with Crippen LogP contribution in [0, 0.1) is 5.41 Å². The first kappa shape index (κ1) is 16.7. The lowest BCUT2D eigenvalue weighted by molar-refractivity contribution is -0.0625. The molecular weight excluding hydrogens is 252 g/mol. The third-order valence-corrected chi connectivity index (χ3v) is 4.25. The summed E-state index contributed by atoms with van der Waals surface area (Å²) in [6.07, 6.45) is 2.05. The maximum absolute atomic E-state index is 12.1. The Bertz CT molecular complexity index is 414. The lowest BCUT2D eigenvalue weighted by Crippen LogP contribution is -2.42. The van der Waals surface area contributed by atoms with Gasteiger partial charge in [0.2, 0.25) is 0 Å². The minimum absolute atomic E-state index is 0.332. The van der Waals surface area contributed by atoms with E-state index in [0.717, 1.165) is 19.3 Å². The second kappa shape index (κ2) is 7.44. The molecule has 0 radical (unpaired) electrons. The van der Waals surface area contributed by atoms with Crippen LogP contribution in [0.4, 0.5) is 0 Å². The van der Waals surface area contributed by atoms with E-state index in [2.05, 4.69) is 6.92 Å². The Morgan fingerprint density at radius 1 is 1.30 bits per heavy atom.